The van der Waals surface area contributed by atoms with Crippen LogP contribution in [0, 0.1) is 0 Å². The highest BCUT2D eigenvalue weighted by Crippen LogP contribution is 2.29. The van der Waals surface area contributed by atoms with Crippen LogP contribution in [-0.2, 0) is 6.42 Å². The van der Waals surface area contributed by atoms with Gasteiger partial charge in [-0.2, -0.15) is 13.2 Å². The van der Waals surface area contributed by atoms with Crippen molar-refractivity contribution in [1.82, 2.24) is 0 Å². The van der Waals surface area contributed by atoms with Crippen molar-refractivity contribution in [3.8, 4) is 0 Å². The predicted octanol–water partition coefficient (Wildman–Crippen LogP) is 3.36. The molecule has 1 nitrogen and oxygen atoms in total. The average molecular weight is 278 g/mol. The van der Waals surface area contributed by atoms with Gasteiger partial charge in [0.1, 0.15) is 5.71 Å². The molecule has 0 unspecified atom stereocenters. The third-order valence-corrected chi connectivity index (χ3v) is 2.74. The van der Waals surface area contributed by atoms with Crippen LogP contribution in [-0.4, -0.2) is 18.4 Å². The number of halogens is 4. The number of alkyl halides is 3. The molecule has 0 aliphatic carbocycles. The van der Waals surface area contributed by atoms with Crippen LogP contribution in [0.5, 0.6) is 0 Å². The van der Waals surface area contributed by atoms with Gasteiger partial charge in [-0.25, -0.2) is 0 Å². The van der Waals surface area contributed by atoms with Gasteiger partial charge in [-0.1, -0.05) is 22.0 Å². The van der Waals surface area contributed by atoms with Crippen molar-refractivity contribution >= 4 is 21.6 Å². The molecule has 1 aromatic carbocycles. The summed E-state index contributed by atoms with van der Waals surface area (Å²) in [5.41, 5.74) is 0.147. The summed E-state index contributed by atoms with van der Waals surface area (Å²) in [6, 6.07) is 4.93. The molecule has 0 fully saturated rings. The van der Waals surface area contributed by atoms with Crippen LogP contribution >= 0.6 is 15.9 Å². The van der Waals surface area contributed by atoms with E-state index in [-0.39, 0.29) is 12.1 Å². The standard InChI is InChI=1S/C10H7BrF3N/c11-7-2-1-6-3-4-15-9(8(6)5-7)10(12,13)14/h1-2,5H,3-4H2. The van der Waals surface area contributed by atoms with Gasteiger partial charge in [0.25, 0.3) is 0 Å². The first kappa shape index (κ1) is 10.7. The molecule has 1 aliphatic rings. The molecule has 0 atom stereocenters. The summed E-state index contributed by atoms with van der Waals surface area (Å²) >= 11 is 3.16. The Kier molecular flexibility index (Phi) is 2.58. The van der Waals surface area contributed by atoms with E-state index >= 15 is 0 Å². The molecule has 0 amide bonds. The van der Waals surface area contributed by atoms with Gasteiger partial charge in [-0.3, -0.25) is 4.99 Å². The molecule has 0 aromatic heterocycles. The number of hydrogen-bond acceptors (Lipinski definition) is 1. The molecule has 0 saturated carbocycles. The van der Waals surface area contributed by atoms with E-state index in [0.717, 1.165) is 0 Å². The normalized spacial score (nSPS) is 15.9. The van der Waals surface area contributed by atoms with Gasteiger partial charge in [0, 0.05) is 16.6 Å². The van der Waals surface area contributed by atoms with Crippen molar-refractivity contribution in [3.05, 3.63) is 33.8 Å². The van der Waals surface area contributed by atoms with Crippen LogP contribution in [0.25, 0.3) is 0 Å². The number of benzene rings is 1. The van der Waals surface area contributed by atoms with E-state index in [1.54, 1.807) is 12.1 Å². The van der Waals surface area contributed by atoms with Gasteiger partial charge >= 0.3 is 6.18 Å². The molecule has 0 spiro atoms. The summed E-state index contributed by atoms with van der Waals surface area (Å²) in [6.07, 6.45) is -3.79. The van der Waals surface area contributed by atoms with Crippen molar-refractivity contribution in [1.29, 1.82) is 0 Å². The van der Waals surface area contributed by atoms with Crippen molar-refractivity contribution in [2.75, 3.05) is 6.54 Å². The van der Waals surface area contributed by atoms with Crippen LogP contribution in [0.4, 0.5) is 13.2 Å². The third kappa shape index (κ3) is 2.07. The number of fused-ring (bicyclic) bond motifs is 1. The van der Waals surface area contributed by atoms with E-state index in [0.29, 0.717) is 16.5 Å². The summed E-state index contributed by atoms with van der Waals surface area (Å²) < 4.78 is 38.5. The zero-order chi connectivity index (χ0) is 11.1. The van der Waals surface area contributed by atoms with E-state index < -0.39 is 11.9 Å². The number of hydrogen-bond donors (Lipinski definition) is 0. The smallest absolute Gasteiger partial charge is 0.280 e. The molecular weight excluding hydrogens is 271 g/mol. The second kappa shape index (κ2) is 3.63. The van der Waals surface area contributed by atoms with Gasteiger partial charge in [0.05, 0.1) is 0 Å². The minimum Gasteiger partial charge on any atom is -0.280 e. The summed E-state index contributed by atoms with van der Waals surface area (Å²) in [5, 5.41) is 0. The van der Waals surface area contributed by atoms with Gasteiger partial charge in [-0.05, 0) is 24.1 Å². The molecule has 80 valence electrons. The fraction of sp³-hybridized carbons (Fsp3) is 0.300. The lowest BCUT2D eigenvalue weighted by Gasteiger charge is -2.18. The molecule has 0 saturated heterocycles. The summed E-state index contributed by atoms with van der Waals surface area (Å²) in [6.45, 7) is 0.212. The molecule has 1 aliphatic heterocycles. The lowest BCUT2D eigenvalue weighted by atomic mass is 9.97. The highest BCUT2D eigenvalue weighted by molar-refractivity contribution is 9.10. The Morgan fingerprint density at radius 3 is 2.67 bits per heavy atom. The van der Waals surface area contributed by atoms with E-state index in [4.69, 9.17) is 0 Å². The minimum atomic E-state index is -4.37. The Balaban J connectivity index is 2.54. The minimum absolute atomic E-state index is 0.197. The number of nitrogens with zero attached hydrogens (tertiary/aromatic N) is 1. The topological polar surface area (TPSA) is 12.4 Å². The SMILES string of the molecule is FC(F)(F)C1=NCCc2ccc(Br)cc21. The zero-order valence-corrected chi connectivity index (χ0v) is 9.19. The molecule has 0 radical (unpaired) electrons. The van der Waals surface area contributed by atoms with Crippen LogP contribution in [0.15, 0.2) is 27.7 Å². The maximum atomic E-state index is 12.6. The van der Waals surface area contributed by atoms with Crippen LogP contribution in [0.1, 0.15) is 11.1 Å². The lowest BCUT2D eigenvalue weighted by molar-refractivity contribution is -0.0584. The van der Waals surface area contributed by atoms with Crippen molar-refractivity contribution in [2.24, 2.45) is 4.99 Å². The quantitative estimate of drug-likeness (QED) is 0.690. The molecule has 1 heterocycles. The highest BCUT2D eigenvalue weighted by Gasteiger charge is 2.38. The molecule has 1 aromatic rings. The third-order valence-electron chi connectivity index (χ3n) is 2.25. The van der Waals surface area contributed by atoms with Crippen LogP contribution in [0.2, 0.25) is 0 Å². The molecule has 2 rings (SSSR count). The van der Waals surface area contributed by atoms with Gasteiger partial charge in [-0.15, -0.1) is 0 Å². The molecule has 0 bridgehead atoms. The molecular formula is C10H7BrF3N. The Hall–Kier alpha value is -0.840. The zero-order valence-electron chi connectivity index (χ0n) is 7.61. The molecule has 0 N–H and O–H groups in total. The average Bonchev–Trinajstić information content (AvgIpc) is 2.15. The van der Waals surface area contributed by atoms with Gasteiger partial charge < -0.3 is 0 Å². The van der Waals surface area contributed by atoms with Crippen molar-refractivity contribution in [2.45, 2.75) is 12.6 Å². The number of aliphatic imine (C=N–C) groups is 1. The van der Waals surface area contributed by atoms with E-state index in [9.17, 15) is 13.2 Å². The maximum absolute atomic E-state index is 12.6. The Morgan fingerprint density at radius 2 is 2.00 bits per heavy atom. The Labute approximate surface area is 93.1 Å². The summed E-state index contributed by atoms with van der Waals surface area (Å²) in [5.74, 6) is 0. The van der Waals surface area contributed by atoms with Gasteiger partial charge in [0.2, 0.25) is 0 Å². The van der Waals surface area contributed by atoms with Gasteiger partial charge in [0.15, 0.2) is 0 Å². The fourth-order valence-corrected chi connectivity index (χ4v) is 1.96. The van der Waals surface area contributed by atoms with E-state index in [2.05, 4.69) is 20.9 Å². The van der Waals surface area contributed by atoms with E-state index in [1.165, 1.54) is 6.07 Å². The van der Waals surface area contributed by atoms with Crippen LogP contribution in [0.3, 0.4) is 0 Å². The second-order valence-corrected chi connectivity index (χ2v) is 4.20. The maximum Gasteiger partial charge on any atom is 0.433 e. The number of rotatable bonds is 0. The van der Waals surface area contributed by atoms with E-state index in [1.807, 2.05) is 0 Å². The summed E-state index contributed by atoms with van der Waals surface area (Å²) in [4.78, 5) is 3.55. The first-order chi connectivity index (χ1) is 6.98. The molecule has 15 heavy (non-hydrogen) atoms. The highest BCUT2D eigenvalue weighted by atomic mass is 79.9. The summed E-state index contributed by atoms with van der Waals surface area (Å²) in [7, 11) is 0. The first-order valence-electron chi connectivity index (χ1n) is 4.39. The monoisotopic (exact) mass is 277 g/mol. The predicted molar refractivity (Wildman–Crippen MR) is 55.3 cm³/mol. The molecule has 5 heteroatoms. The Bertz CT molecular complexity index is 423. The van der Waals surface area contributed by atoms with Crippen LogP contribution < -0.4 is 0 Å². The van der Waals surface area contributed by atoms with Crippen molar-refractivity contribution < 1.29 is 13.2 Å². The Morgan fingerprint density at radius 1 is 1.27 bits per heavy atom. The lowest BCUT2D eigenvalue weighted by Crippen LogP contribution is -2.28. The second-order valence-electron chi connectivity index (χ2n) is 3.28. The fourth-order valence-electron chi connectivity index (χ4n) is 1.60. The largest absolute Gasteiger partial charge is 0.433 e. The van der Waals surface area contributed by atoms with Crippen molar-refractivity contribution in [3.63, 3.8) is 0 Å². The first-order valence-corrected chi connectivity index (χ1v) is 5.18.